The number of nitrogen functional groups attached to an aromatic ring is 1. The van der Waals surface area contributed by atoms with E-state index in [1.54, 1.807) is 24.9 Å². The van der Waals surface area contributed by atoms with E-state index in [4.69, 9.17) is 5.73 Å². The molecule has 1 fully saturated rings. The zero-order valence-electron chi connectivity index (χ0n) is 15.8. The largest absolute Gasteiger partial charge is 0.384 e. The average molecular weight is 384 g/mol. The summed E-state index contributed by atoms with van der Waals surface area (Å²) in [4.78, 5) is 26.4. The molecule has 0 amide bonds. The van der Waals surface area contributed by atoms with Crippen LogP contribution in [0.25, 0.3) is 22.0 Å². The molecule has 144 valence electrons. The minimum absolute atomic E-state index is 0.506. The molecule has 1 aliphatic heterocycles. The number of anilines is 3. The number of benzene rings is 1. The lowest BCUT2D eigenvalue weighted by Crippen LogP contribution is -2.47. The van der Waals surface area contributed by atoms with Crippen LogP contribution in [0.15, 0.2) is 61.3 Å². The molecule has 0 radical (unpaired) electrons. The predicted octanol–water partition coefficient (Wildman–Crippen LogP) is 2.39. The average Bonchev–Trinajstić information content (AvgIpc) is 2.79. The van der Waals surface area contributed by atoms with E-state index in [1.165, 1.54) is 0 Å². The first kappa shape index (κ1) is 17.3. The number of pyridine rings is 1. The fraction of sp³-hybridized carbons (Fsp3) is 0.190. The molecular weight excluding hydrogens is 364 g/mol. The standard InChI is InChI=1S/C21H20N8/c22-19-13-16(4-7-23-19)15-2-3-18-17(12-15)20(27-14-26-18)28-8-10-29(11-9-28)21-24-5-1-6-25-21/h1-7,12-14H,8-11H2,(H2,22,23). The van der Waals surface area contributed by atoms with E-state index in [0.29, 0.717) is 5.82 Å². The van der Waals surface area contributed by atoms with Gasteiger partial charge >= 0.3 is 0 Å². The zero-order chi connectivity index (χ0) is 19.6. The van der Waals surface area contributed by atoms with Crippen LogP contribution in [-0.2, 0) is 0 Å². The van der Waals surface area contributed by atoms with Crippen LogP contribution in [0, 0.1) is 0 Å². The molecule has 8 heteroatoms. The zero-order valence-corrected chi connectivity index (χ0v) is 15.8. The first-order valence-electron chi connectivity index (χ1n) is 9.51. The number of hydrogen-bond acceptors (Lipinski definition) is 8. The first-order valence-corrected chi connectivity index (χ1v) is 9.51. The topological polar surface area (TPSA) is 97.0 Å². The maximum absolute atomic E-state index is 5.86. The Kier molecular flexibility index (Phi) is 4.36. The van der Waals surface area contributed by atoms with Crippen molar-refractivity contribution in [3.05, 3.63) is 61.3 Å². The highest BCUT2D eigenvalue weighted by Crippen LogP contribution is 2.29. The summed E-state index contributed by atoms with van der Waals surface area (Å²) in [5.41, 5.74) is 8.88. The maximum atomic E-state index is 5.86. The van der Waals surface area contributed by atoms with Crippen LogP contribution in [0.2, 0.25) is 0 Å². The number of piperazine rings is 1. The van der Waals surface area contributed by atoms with Crippen molar-refractivity contribution >= 4 is 28.5 Å². The lowest BCUT2D eigenvalue weighted by molar-refractivity contribution is 0.636. The SMILES string of the molecule is Nc1cc(-c2ccc3ncnc(N4CCN(c5ncccn5)CC4)c3c2)ccn1. The van der Waals surface area contributed by atoms with Gasteiger partial charge in [-0.25, -0.2) is 24.9 Å². The summed E-state index contributed by atoms with van der Waals surface area (Å²) in [5.74, 6) is 2.23. The highest BCUT2D eigenvalue weighted by molar-refractivity contribution is 5.93. The summed E-state index contributed by atoms with van der Waals surface area (Å²) in [5, 5.41) is 1.03. The van der Waals surface area contributed by atoms with Gasteiger partial charge in [0.2, 0.25) is 5.95 Å². The van der Waals surface area contributed by atoms with E-state index in [-0.39, 0.29) is 0 Å². The Bertz CT molecular complexity index is 1140. The van der Waals surface area contributed by atoms with E-state index in [0.717, 1.165) is 60.0 Å². The molecule has 1 aliphatic rings. The smallest absolute Gasteiger partial charge is 0.225 e. The minimum Gasteiger partial charge on any atom is -0.384 e. The van der Waals surface area contributed by atoms with Gasteiger partial charge in [-0.15, -0.1) is 0 Å². The van der Waals surface area contributed by atoms with E-state index >= 15 is 0 Å². The van der Waals surface area contributed by atoms with Gasteiger partial charge < -0.3 is 15.5 Å². The molecule has 4 aromatic rings. The third-order valence-corrected chi connectivity index (χ3v) is 5.14. The van der Waals surface area contributed by atoms with Gasteiger partial charge in [0.15, 0.2) is 0 Å². The van der Waals surface area contributed by atoms with E-state index < -0.39 is 0 Å². The highest BCUT2D eigenvalue weighted by Gasteiger charge is 2.21. The Morgan fingerprint density at radius 1 is 0.724 bits per heavy atom. The predicted molar refractivity (Wildman–Crippen MR) is 114 cm³/mol. The molecule has 0 atom stereocenters. The molecule has 0 aliphatic carbocycles. The van der Waals surface area contributed by atoms with Gasteiger partial charge in [0.25, 0.3) is 0 Å². The van der Waals surface area contributed by atoms with Crippen molar-refractivity contribution in [3.63, 3.8) is 0 Å². The summed E-state index contributed by atoms with van der Waals surface area (Å²) in [7, 11) is 0. The van der Waals surface area contributed by atoms with Crippen LogP contribution in [0.5, 0.6) is 0 Å². The molecule has 0 saturated carbocycles. The Labute approximate surface area is 168 Å². The van der Waals surface area contributed by atoms with Gasteiger partial charge in [0.05, 0.1) is 5.52 Å². The Morgan fingerprint density at radius 2 is 1.48 bits per heavy atom. The number of rotatable bonds is 3. The second-order valence-electron chi connectivity index (χ2n) is 6.92. The number of fused-ring (bicyclic) bond motifs is 1. The molecule has 5 rings (SSSR count). The van der Waals surface area contributed by atoms with Gasteiger partial charge in [0, 0.05) is 50.2 Å². The molecule has 0 bridgehead atoms. The lowest BCUT2D eigenvalue weighted by Gasteiger charge is -2.35. The van der Waals surface area contributed by atoms with Gasteiger partial charge in [-0.05, 0) is 41.5 Å². The molecule has 8 nitrogen and oxygen atoms in total. The van der Waals surface area contributed by atoms with Crippen LogP contribution >= 0.6 is 0 Å². The highest BCUT2D eigenvalue weighted by atomic mass is 15.3. The van der Waals surface area contributed by atoms with Crippen molar-refractivity contribution in [3.8, 4) is 11.1 Å². The summed E-state index contributed by atoms with van der Waals surface area (Å²) in [6, 6.07) is 11.9. The fourth-order valence-corrected chi connectivity index (χ4v) is 3.68. The molecule has 3 aromatic heterocycles. The second kappa shape index (κ2) is 7.31. The summed E-state index contributed by atoms with van der Waals surface area (Å²) in [6.45, 7) is 3.37. The Balaban J connectivity index is 1.45. The van der Waals surface area contributed by atoms with E-state index in [1.807, 2.05) is 24.3 Å². The maximum Gasteiger partial charge on any atom is 0.225 e. The van der Waals surface area contributed by atoms with Crippen molar-refractivity contribution in [2.45, 2.75) is 0 Å². The molecule has 1 aromatic carbocycles. The third kappa shape index (κ3) is 3.40. The van der Waals surface area contributed by atoms with E-state index in [2.05, 4.69) is 46.9 Å². The summed E-state index contributed by atoms with van der Waals surface area (Å²) >= 11 is 0. The quantitative estimate of drug-likeness (QED) is 0.575. The second-order valence-corrected chi connectivity index (χ2v) is 6.92. The minimum atomic E-state index is 0.506. The van der Waals surface area contributed by atoms with E-state index in [9.17, 15) is 0 Å². The van der Waals surface area contributed by atoms with Crippen LogP contribution in [0.1, 0.15) is 0 Å². The van der Waals surface area contributed by atoms with Crippen LogP contribution in [-0.4, -0.2) is 51.1 Å². The first-order chi connectivity index (χ1) is 14.3. The Morgan fingerprint density at radius 3 is 2.28 bits per heavy atom. The summed E-state index contributed by atoms with van der Waals surface area (Å²) < 4.78 is 0. The van der Waals surface area contributed by atoms with Crippen molar-refractivity contribution < 1.29 is 0 Å². The van der Waals surface area contributed by atoms with Crippen molar-refractivity contribution in [1.82, 2.24) is 24.9 Å². The molecule has 1 saturated heterocycles. The Hall–Kier alpha value is -3.81. The van der Waals surface area contributed by atoms with Crippen LogP contribution < -0.4 is 15.5 Å². The summed E-state index contributed by atoms with van der Waals surface area (Å²) in [6.07, 6.45) is 6.91. The third-order valence-electron chi connectivity index (χ3n) is 5.14. The molecule has 0 spiro atoms. The number of aromatic nitrogens is 5. The normalized spacial score (nSPS) is 14.3. The van der Waals surface area contributed by atoms with Gasteiger partial charge in [-0.1, -0.05) is 6.07 Å². The lowest BCUT2D eigenvalue weighted by atomic mass is 10.0. The molecular formula is C21H20N8. The number of hydrogen-bond donors (Lipinski definition) is 1. The monoisotopic (exact) mass is 384 g/mol. The molecule has 2 N–H and O–H groups in total. The molecule has 4 heterocycles. The number of nitrogens with two attached hydrogens (primary N) is 1. The van der Waals surface area contributed by atoms with Crippen LogP contribution in [0.4, 0.5) is 17.6 Å². The fourth-order valence-electron chi connectivity index (χ4n) is 3.68. The van der Waals surface area contributed by atoms with Crippen LogP contribution in [0.3, 0.4) is 0 Å². The van der Waals surface area contributed by atoms with Gasteiger partial charge in [-0.3, -0.25) is 0 Å². The molecule has 29 heavy (non-hydrogen) atoms. The van der Waals surface area contributed by atoms with Gasteiger partial charge in [0.1, 0.15) is 18.0 Å². The van der Waals surface area contributed by atoms with Crippen molar-refractivity contribution in [2.24, 2.45) is 0 Å². The molecule has 0 unspecified atom stereocenters. The number of nitrogens with zero attached hydrogens (tertiary/aromatic N) is 7. The van der Waals surface area contributed by atoms with Gasteiger partial charge in [-0.2, -0.15) is 0 Å². The van der Waals surface area contributed by atoms with Crippen molar-refractivity contribution in [1.29, 1.82) is 0 Å². The van der Waals surface area contributed by atoms with Crippen molar-refractivity contribution in [2.75, 3.05) is 41.7 Å².